The van der Waals surface area contributed by atoms with Gasteiger partial charge in [-0.25, -0.2) is 0 Å². The Morgan fingerprint density at radius 1 is 1.11 bits per heavy atom. The molecule has 1 N–H and O–H groups in total. The average Bonchev–Trinajstić information content (AvgIpc) is 2.56. The van der Waals surface area contributed by atoms with Crippen molar-refractivity contribution in [2.24, 2.45) is 5.92 Å². The third kappa shape index (κ3) is 3.05. The normalized spacial score (nSPS) is 30.9. The topological polar surface area (TPSA) is 40.5 Å². The first-order valence-electron chi connectivity index (χ1n) is 7.50. The smallest absolute Gasteiger partial charge is 0.307 e. The van der Waals surface area contributed by atoms with E-state index < -0.39 is 5.97 Å². The van der Waals surface area contributed by atoms with E-state index in [1.807, 2.05) is 0 Å². The van der Waals surface area contributed by atoms with Crippen LogP contribution in [0.15, 0.2) is 0 Å². The third-order valence-corrected chi connectivity index (χ3v) is 4.91. The quantitative estimate of drug-likeness (QED) is 0.768. The standard InChI is InChI=1S/C15H27NO2/c1-15(2)10-9-12(14(17)18)11-16(15)13-7-5-3-4-6-8-13/h12-13H,3-11H2,1-2H3,(H,17,18). The summed E-state index contributed by atoms with van der Waals surface area (Å²) >= 11 is 0. The highest BCUT2D eigenvalue weighted by atomic mass is 16.4. The van der Waals surface area contributed by atoms with Gasteiger partial charge in [-0.3, -0.25) is 9.69 Å². The van der Waals surface area contributed by atoms with E-state index in [9.17, 15) is 9.90 Å². The predicted octanol–water partition coefficient (Wildman–Crippen LogP) is 3.28. The third-order valence-electron chi connectivity index (χ3n) is 4.91. The van der Waals surface area contributed by atoms with Crippen molar-refractivity contribution in [2.45, 2.75) is 76.8 Å². The highest BCUT2D eigenvalue weighted by Crippen LogP contribution is 2.36. The fourth-order valence-electron chi connectivity index (χ4n) is 3.66. The molecule has 0 bridgehead atoms. The minimum atomic E-state index is -0.607. The van der Waals surface area contributed by atoms with Gasteiger partial charge in [0.2, 0.25) is 0 Å². The molecule has 1 saturated carbocycles. The molecule has 104 valence electrons. The fraction of sp³-hybridized carbons (Fsp3) is 0.933. The summed E-state index contributed by atoms with van der Waals surface area (Å²) in [5.41, 5.74) is 0.182. The van der Waals surface area contributed by atoms with Crippen molar-refractivity contribution in [3.8, 4) is 0 Å². The van der Waals surface area contributed by atoms with Gasteiger partial charge in [0.15, 0.2) is 0 Å². The molecular formula is C15H27NO2. The number of hydrogen-bond acceptors (Lipinski definition) is 2. The Kier molecular flexibility index (Phi) is 4.31. The molecule has 0 amide bonds. The average molecular weight is 253 g/mol. The summed E-state index contributed by atoms with van der Waals surface area (Å²) in [7, 11) is 0. The van der Waals surface area contributed by atoms with Gasteiger partial charge in [0.1, 0.15) is 0 Å². The van der Waals surface area contributed by atoms with Crippen LogP contribution in [0.4, 0.5) is 0 Å². The van der Waals surface area contributed by atoms with E-state index >= 15 is 0 Å². The second-order valence-corrected chi connectivity index (χ2v) is 6.68. The van der Waals surface area contributed by atoms with Gasteiger partial charge in [-0.05, 0) is 39.5 Å². The molecule has 0 aromatic carbocycles. The Balaban J connectivity index is 2.07. The molecule has 1 saturated heterocycles. The molecule has 0 aromatic heterocycles. The van der Waals surface area contributed by atoms with Gasteiger partial charge in [-0.1, -0.05) is 25.7 Å². The van der Waals surface area contributed by atoms with Gasteiger partial charge in [0.25, 0.3) is 0 Å². The molecule has 0 radical (unpaired) electrons. The van der Waals surface area contributed by atoms with Crippen LogP contribution >= 0.6 is 0 Å². The minimum absolute atomic E-state index is 0.152. The van der Waals surface area contributed by atoms with Gasteiger partial charge in [0.05, 0.1) is 5.92 Å². The van der Waals surface area contributed by atoms with E-state index in [-0.39, 0.29) is 11.5 Å². The first-order valence-corrected chi connectivity index (χ1v) is 7.50. The van der Waals surface area contributed by atoms with Crippen LogP contribution in [0, 0.1) is 5.92 Å². The van der Waals surface area contributed by atoms with Crippen LogP contribution in [-0.4, -0.2) is 34.1 Å². The van der Waals surface area contributed by atoms with E-state index in [1.54, 1.807) is 0 Å². The van der Waals surface area contributed by atoms with Crippen molar-refractivity contribution in [2.75, 3.05) is 6.54 Å². The van der Waals surface area contributed by atoms with E-state index in [0.717, 1.165) is 19.4 Å². The van der Waals surface area contributed by atoms with Gasteiger partial charge < -0.3 is 5.11 Å². The summed E-state index contributed by atoms with van der Waals surface area (Å²) in [6.45, 7) is 5.33. The number of nitrogens with zero attached hydrogens (tertiary/aromatic N) is 1. The molecule has 2 aliphatic rings. The van der Waals surface area contributed by atoms with Crippen molar-refractivity contribution in [3.05, 3.63) is 0 Å². The maximum Gasteiger partial charge on any atom is 0.307 e. The number of carboxylic acid groups (broad SMARTS) is 1. The van der Waals surface area contributed by atoms with E-state index in [0.29, 0.717) is 6.04 Å². The number of likely N-dealkylation sites (tertiary alicyclic amines) is 1. The molecule has 18 heavy (non-hydrogen) atoms. The number of carbonyl (C=O) groups is 1. The number of hydrogen-bond donors (Lipinski definition) is 1. The van der Waals surface area contributed by atoms with Crippen LogP contribution in [0.3, 0.4) is 0 Å². The van der Waals surface area contributed by atoms with Gasteiger partial charge in [0, 0.05) is 18.1 Å². The monoisotopic (exact) mass is 253 g/mol. The summed E-state index contributed by atoms with van der Waals surface area (Å²) in [5.74, 6) is -0.759. The van der Waals surface area contributed by atoms with Crippen LogP contribution in [0.5, 0.6) is 0 Å². The fourth-order valence-corrected chi connectivity index (χ4v) is 3.66. The molecule has 3 nitrogen and oxygen atoms in total. The number of carboxylic acids is 1. The molecule has 1 aliphatic heterocycles. The molecule has 2 rings (SSSR count). The van der Waals surface area contributed by atoms with Crippen LogP contribution in [0.2, 0.25) is 0 Å². The molecule has 1 aliphatic carbocycles. The lowest BCUT2D eigenvalue weighted by Crippen LogP contribution is -2.56. The largest absolute Gasteiger partial charge is 0.481 e. The van der Waals surface area contributed by atoms with Crippen LogP contribution in [0.25, 0.3) is 0 Å². The predicted molar refractivity (Wildman–Crippen MR) is 72.6 cm³/mol. The SMILES string of the molecule is CC1(C)CCC(C(=O)O)CN1C1CCCCCC1. The number of piperidine rings is 1. The zero-order valence-electron chi connectivity index (χ0n) is 11.8. The summed E-state index contributed by atoms with van der Waals surface area (Å²) in [6, 6.07) is 0.615. The maximum absolute atomic E-state index is 11.2. The van der Waals surface area contributed by atoms with E-state index in [2.05, 4.69) is 18.7 Å². The molecule has 1 atom stereocenters. The van der Waals surface area contributed by atoms with Crippen LogP contribution in [-0.2, 0) is 4.79 Å². The summed E-state index contributed by atoms with van der Waals surface area (Å²) in [4.78, 5) is 13.7. The second kappa shape index (κ2) is 5.60. The lowest BCUT2D eigenvalue weighted by Gasteiger charge is -2.48. The van der Waals surface area contributed by atoms with Gasteiger partial charge >= 0.3 is 5.97 Å². The Bertz CT molecular complexity index is 293. The zero-order valence-corrected chi connectivity index (χ0v) is 11.8. The molecule has 1 heterocycles. The molecule has 2 fully saturated rings. The number of aliphatic carboxylic acids is 1. The maximum atomic E-state index is 11.2. The minimum Gasteiger partial charge on any atom is -0.481 e. The zero-order chi connectivity index (χ0) is 13.2. The van der Waals surface area contributed by atoms with Gasteiger partial charge in [-0.15, -0.1) is 0 Å². The van der Waals surface area contributed by atoms with Crippen molar-refractivity contribution in [3.63, 3.8) is 0 Å². The summed E-state index contributed by atoms with van der Waals surface area (Å²) in [5, 5.41) is 9.25. The van der Waals surface area contributed by atoms with Crippen molar-refractivity contribution in [1.82, 2.24) is 4.90 Å². The number of rotatable bonds is 2. The lowest BCUT2D eigenvalue weighted by atomic mass is 9.82. The first kappa shape index (κ1) is 13.9. The van der Waals surface area contributed by atoms with Gasteiger partial charge in [-0.2, -0.15) is 0 Å². The van der Waals surface area contributed by atoms with Crippen molar-refractivity contribution in [1.29, 1.82) is 0 Å². The Morgan fingerprint density at radius 3 is 2.28 bits per heavy atom. The Morgan fingerprint density at radius 2 is 1.72 bits per heavy atom. The molecule has 0 aromatic rings. The Hall–Kier alpha value is -0.570. The van der Waals surface area contributed by atoms with E-state index in [4.69, 9.17) is 0 Å². The second-order valence-electron chi connectivity index (χ2n) is 6.68. The Labute approximate surface area is 111 Å². The molecule has 3 heteroatoms. The molecule has 0 spiro atoms. The first-order chi connectivity index (χ1) is 8.50. The van der Waals surface area contributed by atoms with Crippen molar-refractivity contribution < 1.29 is 9.90 Å². The summed E-state index contributed by atoms with van der Waals surface area (Å²) < 4.78 is 0. The highest BCUT2D eigenvalue weighted by molar-refractivity contribution is 5.70. The van der Waals surface area contributed by atoms with E-state index in [1.165, 1.54) is 38.5 Å². The van der Waals surface area contributed by atoms with Crippen LogP contribution in [0.1, 0.15) is 65.2 Å². The summed E-state index contributed by atoms with van der Waals surface area (Å²) in [6.07, 6.45) is 9.71. The van der Waals surface area contributed by atoms with Crippen LogP contribution < -0.4 is 0 Å². The highest BCUT2D eigenvalue weighted by Gasteiger charge is 2.40. The lowest BCUT2D eigenvalue weighted by molar-refractivity contribution is -0.146. The van der Waals surface area contributed by atoms with Crippen molar-refractivity contribution >= 4 is 5.97 Å². The molecule has 1 unspecified atom stereocenters. The molecular weight excluding hydrogens is 226 g/mol.